The third-order valence-corrected chi connectivity index (χ3v) is 3.77. The van der Waals surface area contributed by atoms with Crippen molar-refractivity contribution in [2.75, 3.05) is 5.32 Å². The zero-order valence-electron chi connectivity index (χ0n) is 12.4. The number of pyridine rings is 1. The van der Waals surface area contributed by atoms with Crippen molar-refractivity contribution in [3.05, 3.63) is 75.0 Å². The first-order valence-electron chi connectivity index (χ1n) is 7.05. The molecule has 8 heteroatoms. The molecule has 0 spiro atoms. The molecule has 128 valence electrons. The molecule has 25 heavy (non-hydrogen) atoms. The molecule has 0 unspecified atom stereocenters. The first-order chi connectivity index (χ1) is 11.8. The van der Waals surface area contributed by atoms with Gasteiger partial charge in [0.1, 0.15) is 5.56 Å². The number of H-pyrrole nitrogens is 1. The Morgan fingerprint density at radius 1 is 1.12 bits per heavy atom. The minimum Gasteiger partial charge on any atom is -0.360 e. The number of aromatic nitrogens is 1. The number of fused-ring (bicyclic) bond motifs is 1. The average molecular weight is 367 g/mol. The zero-order valence-corrected chi connectivity index (χ0v) is 13.2. The number of carbonyl (C=O) groups is 1. The summed E-state index contributed by atoms with van der Waals surface area (Å²) in [6.07, 6.45) is -3.43. The Morgan fingerprint density at radius 2 is 1.88 bits per heavy atom. The largest absolute Gasteiger partial charge is 0.416 e. The van der Waals surface area contributed by atoms with E-state index >= 15 is 0 Å². The molecule has 0 bridgehead atoms. The molecule has 1 amide bonds. The van der Waals surface area contributed by atoms with Crippen LogP contribution in [0.1, 0.15) is 15.9 Å². The smallest absolute Gasteiger partial charge is 0.360 e. The number of hydrogen-bond donors (Lipinski definition) is 2. The van der Waals surface area contributed by atoms with Gasteiger partial charge in [0, 0.05) is 27.8 Å². The van der Waals surface area contributed by atoms with Crippen LogP contribution < -0.4 is 10.7 Å². The number of anilines is 1. The Hall–Kier alpha value is -2.80. The molecule has 0 aliphatic heterocycles. The fourth-order valence-corrected chi connectivity index (χ4v) is 2.52. The van der Waals surface area contributed by atoms with Gasteiger partial charge in [-0.2, -0.15) is 13.2 Å². The number of nitrogens with one attached hydrogen (secondary N) is 2. The van der Waals surface area contributed by atoms with E-state index in [1.165, 1.54) is 6.07 Å². The Kier molecular flexibility index (Phi) is 4.26. The Labute approximate surface area is 144 Å². The average Bonchev–Trinajstić information content (AvgIpc) is 2.54. The molecule has 0 atom stereocenters. The van der Waals surface area contributed by atoms with Crippen molar-refractivity contribution in [1.29, 1.82) is 0 Å². The van der Waals surface area contributed by atoms with E-state index in [9.17, 15) is 22.8 Å². The van der Waals surface area contributed by atoms with Crippen molar-refractivity contribution in [2.45, 2.75) is 6.18 Å². The van der Waals surface area contributed by atoms with Gasteiger partial charge >= 0.3 is 6.18 Å². The SMILES string of the molecule is O=C(Nc1cccc(Cl)c1)c1c[nH]c2cc(C(F)(F)F)ccc2c1=O. The quantitative estimate of drug-likeness (QED) is 0.703. The van der Waals surface area contributed by atoms with Gasteiger partial charge in [0.15, 0.2) is 0 Å². The summed E-state index contributed by atoms with van der Waals surface area (Å²) in [4.78, 5) is 27.2. The summed E-state index contributed by atoms with van der Waals surface area (Å²) in [5.41, 5.74) is -1.37. The third kappa shape index (κ3) is 3.51. The molecule has 0 saturated heterocycles. The lowest BCUT2D eigenvalue weighted by Gasteiger charge is -2.09. The highest BCUT2D eigenvalue weighted by Crippen LogP contribution is 2.30. The molecular formula is C17H10ClF3N2O2. The standard InChI is InChI=1S/C17H10ClF3N2O2/c18-10-2-1-3-11(7-10)23-16(25)13-8-22-14-6-9(17(19,20)21)4-5-12(14)15(13)24/h1-8H,(H,22,24)(H,23,25). The summed E-state index contributed by atoms with van der Waals surface area (Å²) in [6.45, 7) is 0. The molecule has 0 aliphatic rings. The maximum Gasteiger partial charge on any atom is 0.416 e. The maximum atomic E-state index is 12.7. The Morgan fingerprint density at radius 3 is 2.56 bits per heavy atom. The van der Waals surface area contributed by atoms with Gasteiger partial charge in [0.05, 0.1) is 5.56 Å². The van der Waals surface area contributed by atoms with Gasteiger partial charge in [0.2, 0.25) is 5.43 Å². The summed E-state index contributed by atoms with van der Waals surface area (Å²) in [5.74, 6) is -0.690. The molecule has 4 nitrogen and oxygen atoms in total. The van der Waals surface area contributed by atoms with Crippen LogP contribution in [-0.4, -0.2) is 10.9 Å². The molecule has 2 N–H and O–H groups in total. The van der Waals surface area contributed by atoms with Crippen LogP contribution in [0, 0.1) is 0 Å². The Balaban J connectivity index is 1.99. The first-order valence-corrected chi connectivity index (χ1v) is 7.43. The highest BCUT2D eigenvalue weighted by molar-refractivity contribution is 6.31. The number of aromatic amines is 1. The van der Waals surface area contributed by atoms with Crippen LogP contribution in [0.25, 0.3) is 10.9 Å². The van der Waals surface area contributed by atoms with E-state index < -0.39 is 23.1 Å². The van der Waals surface area contributed by atoms with Crippen LogP contribution in [0.15, 0.2) is 53.5 Å². The number of hydrogen-bond acceptors (Lipinski definition) is 2. The number of carbonyl (C=O) groups excluding carboxylic acids is 1. The lowest BCUT2D eigenvalue weighted by atomic mass is 10.1. The number of rotatable bonds is 2. The van der Waals surface area contributed by atoms with Crippen molar-refractivity contribution >= 4 is 34.1 Å². The van der Waals surface area contributed by atoms with E-state index in [1.807, 2.05) is 0 Å². The van der Waals surface area contributed by atoms with Crippen LogP contribution in [0.3, 0.4) is 0 Å². The second-order valence-corrected chi connectivity index (χ2v) is 5.69. The highest BCUT2D eigenvalue weighted by Gasteiger charge is 2.30. The maximum absolute atomic E-state index is 12.7. The molecule has 2 aromatic carbocycles. The summed E-state index contributed by atoms with van der Waals surface area (Å²) in [5, 5.41) is 2.92. The second-order valence-electron chi connectivity index (χ2n) is 5.25. The lowest BCUT2D eigenvalue weighted by molar-refractivity contribution is -0.137. The van der Waals surface area contributed by atoms with E-state index in [4.69, 9.17) is 11.6 Å². The molecule has 3 rings (SSSR count). The van der Waals surface area contributed by atoms with E-state index in [-0.39, 0.29) is 16.5 Å². The summed E-state index contributed by atoms with van der Waals surface area (Å²) >= 11 is 5.82. The van der Waals surface area contributed by atoms with Gasteiger partial charge in [0.25, 0.3) is 5.91 Å². The van der Waals surface area contributed by atoms with E-state index in [0.717, 1.165) is 24.4 Å². The Bertz CT molecular complexity index is 1030. The van der Waals surface area contributed by atoms with Gasteiger partial charge in [-0.3, -0.25) is 9.59 Å². The fourth-order valence-electron chi connectivity index (χ4n) is 2.33. The third-order valence-electron chi connectivity index (χ3n) is 3.54. The summed E-state index contributed by atoms with van der Waals surface area (Å²) < 4.78 is 38.2. The molecule has 3 aromatic rings. The van der Waals surface area contributed by atoms with Gasteiger partial charge in [-0.25, -0.2) is 0 Å². The molecule has 0 aliphatic carbocycles. The van der Waals surface area contributed by atoms with Crippen LogP contribution in [0.4, 0.5) is 18.9 Å². The zero-order chi connectivity index (χ0) is 18.2. The van der Waals surface area contributed by atoms with Crippen molar-refractivity contribution in [3.8, 4) is 0 Å². The van der Waals surface area contributed by atoms with Gasteiger partial charge in [-0.05, 0) is 36.4 Å². The number of halogens is 4. The van der Waals surface area contributed by atoms with E-state index in [1.54, 1.807) is 18.2 Å². The van der Waals surface area contributed by atoms with Crippen LogP contribution in [0.5, 0.6) is 0 Å². The molecule has 0 radical (unpaired) electrons. The van der Waals surface area contributed by atoms with Gasteiger partial charge in [-0.1, -0.05) is 17.7 Å². The van der Waals surface area contributed by atoms with Crippen molar-refractivity contribution in [1.82, 2.24) is 4.98 Å². The number of alkyl halides is 3. The summed E-state index contributed by atoms with van der Waals surface area (Å²) in [6, 6.07) is 9.03. The van der Waals surface area contributed by atoms with Crippen molar-refractivity contribution < 1.29 is 18.0 Å². The lowest BCUT2D eigenvalue weighted by Crippen LogP contribution is -2.22. The van der Waals surface area contributed by atoms with Crippen LogP contribution >= 0.6 is 11.6 Å². The topological polar surface area (TPSA) is 62.0 Å². The van der Waals surface area contributed by atoms with Gasteiger partial charge in [-0.15, -0.1) is 0 Å². The predicted octanol–water partition coefficient (Wildman–Crippen LogP) is 4.45. The normalized spacial score (nSPS) is 11.5. The summed E-state index contributed by atoms with van der Waals surface area (Å²) in [7, 11) is 0. The van der Waals surface area contributed by atoms with Gasteiger partial charge < -0.3 is 10.3 Å². The monoisotopic (exact) mass is 366 g/mol. The minimum atomic E-state index is -4.52. The molecular weight excluding hydrogens is 357 g/mol. The number of benzene rings is 2. The molecule has 0 saturated carbocycles. The van der Waals surface area contributed by atoms with Crippen molar-refractivity contribution in [3.63, 3.8) is 0 Å². The van der Waals surface area contributed by atoms with E-state index in [2.05, 4.69) is 10.3 Å². The highest BCUT2D eigenvalue weighted by atomic mass is 35.5. The van der Waals surface area contributed by atoms with Crippen LogP contribution in [-0.2, 0) is 6.18 Å². The first kappa shape index (κ1) is 17.0. The van der Waals surface area contributed by atoms with Crippen LogP contribution in [0.2, 0.25) is 5.02 Å². The second kappa shape index (κ2) is 6.25. The molecule has 0 fully saturated rings. The van der Waals surface area contributed by atoms with Crippen molar-refractivity contribution in [2.24, 2.45) is 0 Å². The van der Waals surface area contributed by atoms with E-state index in [0.29, 0.717) is 10.7 Å². The number of amides is 1. The molecule has 1 aromatic heterocycles. The minimum absolute atomic E-state index is 0.000805. The predicted molar refractivity (Wildman–Crippen MR) is 89.0 cm³/mol. The fraction of sp³-hybridized carbons (Fsp3) is 0.0588. The molecule has 1 heterocycles.